The first-order valence-electron chi connectivity index (χ1n) is 9.90. The molecule has 1 aliphatic heterocycles. The van der Waals surface area contributed by atoms with Crippen molar-refractivity contribution in [3.8, 4) is 17.1 Å². The van der Waals surface area contributed by atoms with Crippen LogP contribution in [0.5, 0.6) is 5.75 Å². The molecule has 0 bridgehead atoms. The molecule has 1 aliphatic rings. The first-order valence-corrected chi connectivity index (χ1v) is 9.90. The van der Waals surface area contributed by atoms with Gasteiger partial charge in [-0.25, -0.2) is 4.79 Å². The van der Waals surface area contributed by atoms with Crippen molar-refractivity contribution in [1.29, 1.82) is 0 Å². The van der Waals surface area contributed by atoms with Gasteiger partial charge in [0.2, 0.25) is 11.7 Å². The Morgan fingerprint density at radius 1 is 1.21 bits per heavy atom. The van der Waals surface area contributed by atoms with Crippen molar-refractivity contribution in [2.45, 2.75) is 25.7 Å². The highest BCUT2D eigenvalue weighted by atomic mass is 16.5. The zero-order valence-electron chi connectivity index (χ0n) is 16.4. The lowest BCUT2D eigenvalue weighted by molar-refractivity contribution is 0.184. The van der Waals surface area contributed by atoms with Crippen molar-refractivity contribution in [2.75, 3.05) is 25.0 Å². The van der Waals surface area contributed by atoms with Crippen LogP contribution < -0.4 is 10.1 Å². The number of piperidine rings is 1. The maximum absolute atomic E-state index is 12.7. The third-order valence-electron chi connectivity index (χ3n) is 4.95. The van der Waals surface area contributed by atoms with Crippen LogP contribution >= 0.6 is 0 Å². The van der Waals surface area contributed by atoms with Crippen molar-refractivity contribution in [3.05, 3.63) is 60.5 Å². The number of hydrogen-bond donors (Lipinski definition) is 1. The molecule has 0 spiro atoms. The Labute approximate surface area is 169 Å². The van der Waals surface area contributed by atoms with E-state index in [0.29, 0.717) is 31.4 Å². The number of urea groups is 1. The van der Waals surface area contributed by atoms with Gasteiger partial charge in [-0.15, -0.1) is 0 Å². The fraction of sp³-hybridized carbons (Fsp3) is 0.318. The molecule has 1 unspecified atom stereocenters. The third kappa shape index (κ3) is 4.56. The molecular formula is C22H24N4O3. The van der Waals surface area contributed by atoms with Gasteiger partial charge in [-0.3, -0.25) is 0 Å². The molecule has 7 heteroatoms. The highest BCUT2D eigenvalue weighted by Gasteiger charge is 2.28. The van der Waals surface area contributed by atoms with Gasteiger partial charge in [0.1, 0.15) is 5.75 Å². The Kier molecular flexibility index (Phi) is 5.74. The molecule has 0 radical (unpaired) electrons. The number of amides is 2. The second-order valence-corrected chi connectivity index (χ2v) is 6.99. The standard InChI is InChI=1S/C22H24N4O3/c1-2-28-19-12-10-18(11-13-19)23-22(27)26-14-6-9-17(15-26)21-24-20(25-29-21)16-7-4-3-5-8-16/h3-5,7-8,10-13,17H,2,6,9,14-15H2,1H3,(H,23,27). The van der Waals surface area contributed by atoms with Crippen LogP contribution in [0.3, 0.4) is 0 Å². The number of likely N-dealkylation sites (tertiary alicyclic amines) is 1. The maximum Gasteiger partial charge on any atom is 0.321 e. The summed E-state index contributed by atoms with van der Waals surface area (Å²) in [6, 6.07) is 17.0. The van der Waals surface area contributed by atoms with Crippen LogP contribution in [0.15, 0.2) is 59.1 Å². The summed E-state index contributed by atoms with van der Waals surface area (Å²) in [5.74, 6) is 1.99. The molecule has 1 saturated heterocycles. The molecule has 0 aliphatic carbocycles. The third-order valence-corrected chi connectivity index (χ3v) is 4.95. The summed E-state index contributed by atoms with van der Waals surface area (Å²) < 4.78 is 10.9. The van der Waals surface area contributed by atoms with Crippen molar-refractivity contribution in [3.63, 3.8) is 0 Å². The van der Waals surface area contributed by atoms with E-state index in [1.807, 2.05) is 61.5 Å². The lowest BCUT2D eigenvalue weighted by Gasteiger charge is -2.31. The number of ether oxygens (including phenoxy) is 1. The number of rotatable bonds is 5. The molecule has 0 saturated carbocycles. The summed E-state index contributed by atoms with van der Waals surface area (Å²) in [5, 5.41) is 7.05. The second kappa shape index (κ2) is 8.77. The molecular weight excluding hydrogens is 368 g/mol. The molecule has 4 rings (SSSR count). The monoisotopic (exact) mass is 392 g/mol. The number of nitrogens with one attached hydrogen (secondary N) is 1. The summed E-state index contributed by atoms with van der Waals surface area (Å²) in [6.07, 6.45) is 1.81. The Balaban J connectivity index is 1.39. The number of hydrogen-bond acceptors (Lipinski definition) is 5. The average molecular weight is 392 g/mol. The van der Waals surface area contributed by atoms with Gasteiger partial charge in [0.25, 0.3) is 0 Å². The second-order valence-electron chi connectivity index (χ2n) is 6.99. The number of nitrogens with zero attached hydrogens (tertiary/aromatic N) is 3. The number of aromatic nitrogens is 2. The van der Waals surface area contributed by atoms with Crippen LogP contribution in [0.1, 0.15) is 31.6 Å². The Bertz CT molecular complexity index is 940. The predicted octanol–water partition coefficient (Wildman–Crippen LogP) is 4.55. The SMILES string of the molecule is CCOc1ccc(NC(=O)N2CCCC(c3nc(-c4ccccc4)no3)C2)cc1. The quantitative estimate of drug-likeness (QED) is 0.689. The van der Waals surface area contributed by atoms with Crippen LogP contribution in [-0.2, 0) is 0 Å². The van der Waals surface area contributed by atoms with Gasteiger partial charge >= 0.3 is 6.03 Å². The number of carbonyl (C=O) groups excluding carboxylic acids is 1. The highest BCUT2D eigenvalue weighted by molar-refractivity contribution is 5.89. The molecule has 3 aromatic rings. The van der Waals surface area contributed by atoms with Crippen LogP contribution in [-0.4, -0.2) is 40.8 Å². The maximum atomic E-state index is 12.7. The van der Waals surface area contributed by atoms with E-state index in [1.165, 1.54) is 0 Å². The number of carbonyl (C=O) groups is 1. The predicted molar refractivity (Wildman–Crippen MR) is 110 cm³/mol. The smallest absolute Gasteiger partial charge is 0.321 e. The van der Waals surface area contributed by atoms with Crippen molar-refractivity contribution >= 4 is 11.7 Å². The van der Waals surface area contributed by atoms with Crippen LogP contribution in [0.25, 0.3) is 11.4 Å². The van der Waals surface area contributed by atoms with Gasteiger partial charge in [0.15, 0.2) is 0 Å². The van der Waals surface area contributed by atoms with Gasteiger partial charge < -0.3 is 19.5 Å². The molecule has 1 atom stereocenters. The topological polar surface area (TPSA) is 80.5 Å². The lowest BCUT2D eigenvalue weighted by Crippen LogP contribution is -2.41. The fourth-order valence-electron chi connectivity index (χ4n) is 3.47. The average Bonchev–Trinajstić information content (AvgIpc) is 3.26. The van der Waals surface area contributed by atoms with E-state index >= 15 is 0 Å². The molecule has 29 heavy (non-hydrogen) atoms. The fourth-order valence-corrected chi connectivity index (χ4v) is 3.47. The molecule has 7 nitrogen and oxygen atoms in total. The van der Waals surface area contributed by atoms with Gasteiger partial charge in [0, 0.05) is 24.3 Å². The minimum absolute atomic E-state index is 0.0415. The van der Waals surface area contributed by atoms with E-state index in [2.05, 4.69) is 15.5 Å². The van der Waals surface area contributed by atoms with Gasteiger partial charge in [0.05, 0.1) is 12.5 Å². The van der Waals surface area contributed by atoms with E-state index < -0.39 is 0 Å². The van der Waals surface area contributed by atoms with Gasteiger partial charge in [-0.1, -0.05) is 35.5 Å². The number of anilines is 1. The first kappa shape index (κ1) is 19.0. The van der Waals surface area contributed by atoms with Crippen molar-refractivity contribution in [1.82, 2.24) is 15.0 Å². The lowest BCUT2D eigenvalue weighted by atomic mass is 9.98. The van der Waals surface area contributed by atoms with Gasteiger partial charge in [-0.2, -0.15) is 4.98 Å². The van der Waals surface area contributed by atoms with Crippen LogP contribution in [0.4, 0.5) is 10.5 Å². The molecule has 150 valence electrons. The van der Waals surface area contributed by atoms with Crippen LogP contribution in [0, 0.1) is 0 Å². The van der Waals surface area contributed by atoms with Crippen LogP contribution in [0.2, 0.25) is 0 Å². The molecule has 1 N–H and O–H groups in total. The molecule has 1 fully saturated rings. The normalized spacial score (nSPS) is 16.4. The summed E-state index contributed by atoms with van der Waals surface area (Å²) in [6.45, 7) is 3.82. The van der Waals surface area contributed by atoms with E-state index in [0.717, 1.165) is 29.8 Å². The van der Waals surface area contributed by atoms with E-state index in [4.69, 9.17) is 9.26 Å². The Hall–Kier alpha value is -3.35. The molecule has 1 aromatic heterocycles. The largest absolute Gasteiger partial charge is 0.494 e. The van der Waals surface area contributed by atoms with Gasteiger partial charge in [-0.05, 0) is 44.0 Å². The zero-order valence-corrected chi connectivity index (χ0v) is 16.4. The van der Waals surface area contributed by atoms with Crippen molar-refractivity contribution in [2.24, 2.45) is 0 Å². The summed E-state index contributed by atoms with van der Waals surface area (Å²) in [4.78, 5) is 19.1. The first-order chi connectivity index (χ1) is 14.2. The van der Waals surface area contributed by atoms with E-state index in [9.17, 15) is 4.79 Å². The van der Waals surface area contributed by atoms with E-state index in [1.54, 1.807) is 4.90 Å². The minimum Gasteiger partial charge on any atom is -0.494 e. The molecule has 2 aromatic carbocycles. The zero-order chi connectivity index (χ0) is 20.1. The Morgan fingerprint density at radius 3 is 2.76 bits per heavy atom. The van der Waals surface area contributed by atoms with E-state index in [-0.39, 0.29) is 11.9 Å². The minimum atomic E-state index is -0.123. The highest BCUT2D eigenvalue weighted by Crippen LogP contribution is 2.28. The van der Waals surface area contributed by atoms with Crippen molar-refractivity contribution < 1.29 is 14.1 Å². The molecule has 2 heterocycles. The molecule has 2 amide bonds. The summed E-state index contributed by atoms with van der Waals surface area (Å²) in [5.41, 5.74) is 1.66. The summed E-state index contributed by atoms with van der Waals surface area (Å²) in [7, 11) is 0. The Morgan fingerprint density at radius 2 is 2.00 bits per heavy atom. The summed E-state index contributed by atoms with van der Waals surface area (Å²) >= 11 is 0. The number of benzene rings is 2.